The van der Waals surface area contributed by atoms with Crippen LogP contribution in [0.25, 0.3) is 10.9 Å². The minimum atomic E-state index is -5.96. The lowest BCUT2D eigenvalue weighted by atomic mass is 10.1. The van der Waals surface area contributed by atoms with Gasteiger partial charge in [-0.3, -0.25) is 4.72 Å². The van der Waals surface area contributed by atoms with Crippen LogP contribution in [0.3, 0.4) is 0 Å². The SMILES string of the molecule is O=S(=O)(Nc1cc2c(Nc3ccc(F)c(Cl)c3)ncnc2cc1O[C@H]1CCOC1)c1c(F)c(F)c(F)c(F)c1C(F)(F)F. The summed E-state index contributed by atoms with van der Waals surface area (Å²) in [6.07, 6.45) is -5.20. The Bertz CT molecular complexity index is 1850. The molecule has 0 unspecified atom stereocenters. The van der Waals surface area contributed by atoms with Crippen molar-refractivity contribution in [1.82, 2.24) is 9.97 Å². The molecule has 1 atom stereocenters. The van der Waals surface area contributed by atoms with Crippen LogP contribution in [0.2, 0.25) is 5.02 Å². The highest BCUT2D eigenvalue weighted by molar-refractivity contribution is 7.92. The molecule has 228 valence electrons. The third-order valence-electron chi connectivity index (χ3n) is 6.12. The van der Waals surface area contributed by atoms with Gasteiger partial charge in [0.05, 0.1) is 29.4 Å². The third kappa shape index (κ3) is 5.96. The smallest absolute Gasteiger partial charge is 0.420 e. The zero-order chi connectivity index (χ0) is 31.3. The summed E-state index contributed by atoms with van der Waals surface area (Å²) in [5, 5.41) is 2.55. The molecule has 1 aliphatic heterocycles. The fraction of sp³-hybridized carbons (Fsp3) is 0.200. The summed E-state index contributed by atoms with van der Waals surface area (Å²) in [4.78, 5) is 5.58. The third-order valence-corrected chi connectivity index (χ3v) is 7.82. The molecule has 1 aromatic heterocycles. The topological polar surface area (TPSA) is 102 Å². The molecule has 2 N–H and O–H groups in total. The molecule has 0 aliphatic carbocycles. The molecule has 1 fully saturated rings. The van der Waals surface area contributed by atoms with Crippen LogP contribution in [0.1, 0.15) is 12.0 Å². The largest absolute Gasteiger partial charge is 0.486 e. The predicted octanol–water partition coefficient (Wildman–Crippen LogP) is 6.71. The van der Waals surface area contributed by atoms with Crippen molar-refractivity contribution in [3.8, 4) is 5.75 Å². The average molecular weight is 655 g/mol. The number of nitrogens with one attached hydrogen (secondary N) is 2. The van der Waals surface area contributed by atoms with Crippen LogP contribution in [0.4, 0.5) is 52.3 Å². The number of rotatable bonds is 7. The van der Waals surface area contributed by atoms with E-state index in [1.807, 2.05) is 0 Å². The lowest BCUT2D eigenvalue weighted by molar-refractivity contribution is -0.143. The minimum absolute atomic E-state index is 0.00338. The van der Waals surface area contributed by atoms with Gasteiger partial charge >= 0.3 is 6.18 Å². The number of benzene rings is 3. The highest BCUT2D eigenvalue weighted by atomic mass is 35.5. The molecule has 5 rings (SSSR count). The number of sulfonamides is 1. The van der Waals surface area contributed by atoms with Crippen molar-refractivity contribution in [3.63, 3.8) is 0 Å². The van der Waals surface area contributed by atoms with Crippen molar-refractivity contribution in [3.05, 3.63) is 76.3 Å². The van der Waals surface area contributed by atoms with Gasteiger partial charge in [-0.05, 0) is 24.3 Å². The quantitative estimate of drug-likeness (QED) is 0.130. The second-order valence-electron chi connectivity index (χ2n) is 9.01. The maximum Gasteiger partial charge on any atom is 0.420 e. The van der Waals surface area contributed by atoms with Gasteiger partial charge in [0, 0.05) is 23.6 Å². The first-order chi connectivity index (χ1) is 20.2. The van der Waals surface area contributed by atoms with E-state index in [1.165, 1.54) is 18.2 Å². The van der Waals surface area contributed by atoms with Gasteiger partial charge in [0.2, 0.25) is 0 Å². The van der Waals surface area contributed by atoms with Crippen molar-refractivity contribution >= 4 is 49.7 Å². The van der Waals surface area contributed by atoms with E-state index in [2.05, 4.69) is 15.3 Å². The second kappa shape index (κ2) is 11.3. The molecule has 4 aromatic rings. The van der Waals surface area contributed by atoms with Crippen molar-refractivity contribution in [1.29, 1.82) is 0 Å². The first kappa shape index (κ1) is 30.5. The molecule has 43 heavy (non-hydrogen) atoms. The second-order valence-corrected chi connectivity index (χ2v) is 11.0. The fourth-order valence-electron chi connectivity index (χ4n) is 4.17. The van der Waals surface area contributed by atoms with E-state index in [-0.39, 0.29) is 46.4 Å². The molecular weight excluding hydrogens is 640 g/mol. The van der Waals surface area contributed by atoms with Crippen molar-refractivity contribution in [2.45, 2.75) is 23.6 Å². The van der Waals surface area contributed by atoms with Crippen molar-refractivity contribution in [2.24, 2.45) is 0 Å². The monoisotopic (exact) mass is 654 g/mol. The van der Waals surface area contributed by atoms with Gasteiger partial charge in [-0.1, -0.05) is 11.6 Å². The summed E-state index contributed by atoms with van der Waals surface area (Å²) in [6.45, 7) is 0.317. The molecule has 3 aromatic carbocycles. The van der Waals surface area contributed by atoms with E-state index in [9.17, 15) is 43.5 Å². The summed E-state index contributed by atoms with van der Waals surface area (Å²) in [7, 11) is -5.85. The van der Waals surface area contributed by atoms with Gasteiger partial charge in [0.1, 0.15) is 40.3 Å². The van der Waals surface area contributed by atoms with Gasteiger partial charge in [0.15, 0.2) is 23.3 Å². The molecule has 0 amide bonds. The maximum absolute atomic E-state index is 14.7. The molecular formula is C25H15ClF8N4O4S. The van der Waals surface area contributed by atoms with E-state index < -0.39 is 67.5 Å². The number of ether oxygens (including phenoxy) is 2. The molecule has 8 nitrogen and oxygen atoms in total. The van der Waals surface area contributed by atoms with E-state index >= 15 is 0 Å². The molecule has 18 heteroatoms. The van der Waals surface area contributed by atoms with Crippen LogP contribution in [0.15, 0.2) is 41.6 Å². The lowest BCUT2D eigenvalue weighted by Crippen LogP contribution is -2.25. The van der Waals surface area contributed by atoms with Gasteiger partial charge in [0.25, 0.3) is 10.0 Å². The number of hydrogen-bond acceptors (Lipinski definition) is 7. The Morgan fingerprint density at radius 2 is 1.70 bits per heavy atom. The molecule has 0 bridgehead atoms. The van der Waals surface area contributed by atoms with Crippen molar-refractivity contribution < 1.29 is 53.0 Å². The zero-order valence-electron chi connectivity index (χ0n) is 21.0. The van der Waals surface area contributed by atoms with Crippen LogP contribution in [0.5, 0.6) is 5.75 Å². The Labute approximate surface area is 241 Å². The number of hydrogen-bond donors (Lipinski definition) is 2. The number of nitrogens with zero attached hydrogens (tertiary/aromatic N) is 2. The lowest BCUT2D eigenvalue weighted by Gasteiger charge is -2.20. The van der Waals surface area contributed by atoms with Crippen LogP contribution in [0, 0.1) is 29.1 Å². The summed E-state index contributed by atoms with van der Waals surface area (Å²) in [5.41, 5.74) is -3.20. The number of anilines is 3. The Morgan fingerprint density at radius 1 is 0.977 bits per heavy atom. The van der Waals surface area contributed by atoms with Crippen LogP contribution < -0.4 is 14.8 Å². The van der Waals surface area contributed by atoms with Gasteiger partial charge in [-0.2, -0.15) is 13.2 Å². The molecule has 0 radical (unpaired) electrons. The summed E-state index contributed by atoms with van der Waals surface area (Å²) < 4.78 is 150. The molecule has 0 spiro atoms. The summed E-state index contributed by atoms with van der Waals surface area (Å²) in [5.74, 6) is -12.5. The Kier molecular flexibility index (Phi) is 8.00. The minimum Gasteiger partial charge on any atom is -0.486 e. The maximum atomic E-state index is 14.7. The molecule has 1 saturated heterocycles. The van der Waals surface area contributed by atoms with Gasteiger partial charge in [-0.15, -0.1) is 0 Å². The van der Waals surface area contributed by atoms with Gasteiger partial charge < -0.3 is 14.8 Å². The first-order valence-corrected chi connectivity index (χ1v) is 13.7. The molecule has 0 saturated carbocycles. The highest BCUT2D eigenvalue weighted by Gasteiger charge is 2.46. The Morgan fingerprint density at radius 3 is 2.35 bits per heavy atom. The number of aromatic nitrogens is 2. The standard InChI is InChI=1S/C25H15ClF8N4O4S/c26-13-5-10(1-2-14(13)27)37-24-12-6-16(17(7-15(12)35-9-36-24)42-11-3-4-41-8-11)38-43(39,40)23-18(25(32,33)34)19(28)20(29)21(30)22(23)31/h1-2,5-7,9,11,38H,3-4,8H2,(H,35,36,37)/t11-/m0/s1. The van der Waals surface area contributed by atoms with Gasteiger partial charge in [-0.25, -0.2) is 40.3 Å². The summed E-state index contributed by atoms with van der Waals surface area (Å²) in [6, 6.07) is 5.69. The highest BCUT2D eigenvalue weighted by Crippen LogP contribution is 2.42. The first-order valence-electron chi connectivity index (χ1n) is 11.9. The molecule has 2 heterocycles. The van der Waals surface area contributed by atoms with E-state index in [0.29, 0.717) is 6.42 Å². The van der Waals surface area contributed by atoms with E-state index in [1.54, 1.807) is 4.72 Å². The summed E-state index contributed by atoms with van der Waals surface area (Å²) >= 11 is 5.81. The van der Waals surface area contributed by atoms with E-state index in [0.717, 1.165) is 18.5 Å². The predicted molar refractivity (Wildman–Crippen MR) is 136 cm³/mol. The molecule has 1 aliphatic rings. The van der Waals surface area contributed by atoms with Crippen molar-refractivity contribution in [2.75, 3.05) is 23.3 Å². The van der Waals surface area contributed by atoms with Crippen LogP contribution in [-0.4, -0.2) is 37.7 Å². The van der Waals surface area contributed by atoms with E-state index in [4.69, 9.17) is 21.1 Å². The number of halogens is 9. The van der Waals surface area contributed by atoms with Crippen LogP contribution >= 0.6 is 11.6 Å². The number of alkyl halides is 3. The average Bonchev–Trinajstić information content (AvgIpc) is 3.44. The fourth-order valence-corrected chi connectivity index (χ4v) is 5.70. The van der Waals surface area contributed by atoms with Crippen LogP contribution in [-0.2, 0) is 20.9 Å². The number of fused-ring (bicyclic) bond motifs is 1. The Balaban J connectivity index is 1.67. The normalized spacial score (nSPS) is 15.6. The Hall–Kier alpha value is -3.96. The zero-order valence-corrected chi connectivity index (χ0v) is 22.6.